The number of pyridine rings is 1. The predicted octanol–water partition coefficient (Wildman–Crippen LogP) is 4.81. The van der Waals surface area contributed by atoms with Crippen LogP contribution in [0.2, 0.25) is 0 Å². The fourth-order valence-electron chi connectivity index (χ4n) is 6.24. The quantitative estimate of drug-likeness (QED) is 0.576. The molecule has 36 heavy (non-hydrogen) atoms. The number of carbonyl (C=O) groups is 2. The van der Waals surface area contributed by atoms with E-state index in [0.717, 1.165) is 56.0 Å². The third-order valence-electron chi connectivity index (χ3n) is 8.58. The van der Waals surface area contributed by atoms with Crippen molar-refractivity contribution in [1.29, 1.82) is 0 Å². The average Bonchev–Trinajstić information content (AvgIpc) is 3.74. The zero-order valence-corrected chi connectivity index (χ0v) is 21.9. The Morgan fingerprint density at radius 1 is 1.00 bits per heavy atom. The molecule has 2 unspecified atom stereocenters. The number of benzene rings is 1. The maximum Gasteiger partial charge on any atom is 0.259 e. The van der Waals surface area contributed by atoms with Gasteiger partial charge in [-0.05, 0) is 67.5 Å². The second-order valence-electron chi connectivity index (χ2n) is 11.6. The van der Waals surface area contributed by atoms with Crippen molar-refractivity contribution in [3.63, 3.8) is 0 Å². The van der Waals surface area contributed by atoms with E-state index < -0.39 is 0 Å². The molecule has 5 rings (SSSR count). The summed E-state index contributed by atoms with van der Waals surface area (Å²) < 4.78 is 1.74. The number of ketones is 1. The van der Waals surface area contributed by atoms with E-state index in [0.29, 0.717) is 24.5 Å². The molecule has 0 spiro atoms. The summed E-state index contributed by atoms with van der Waals surface area (Å²) in [6, 6.07) is 8.32. The Balaban J connectivity index is 1.42. The van der Waals surface area contributed by atoms with Crippen LogP contribution in [0.4, 0.5) is 0 Å². The highest BCUT2D eigenvalue weighted by Gasteiger charge is 2.33. The van der Waals surface area contributed by atoms with E-state index in [9.17, 15) is 14.4 Å². The van der Waals surface area contributed by atoms with Crippen LogP contribution in [0, 0.1) is 11.8 Å². The lowest BCUT2D eigenvalue weighted by atomic mass is 9.80. The smallest absolute Gasteiger partial charge is 0.259 e. The Labute approximate surface area is 214 Å². The number of hydrogen-bond donors (Lipinski definition) is 1. The van der Waals surface area contributed by atoms with Crippen LogP contribution < -0.4 is 10.9 Å². The summed E-state index contributed by atoms with van der Waals surface area (Å²) in [6.45, 7) is 5.82. The summed E-state index contributed by atoms with van der Waals surface area (Å²) in [6.07, 6.45) is 11.7. The first-order chi connectivity index (χ1) is 17.4. The lowest BCUT2D eigenvalue weighted by Gasteiger charge is -2.33. The molecule has 1 saturated heterocycles. The molecular weight excluding hydrogens is 450 g/mol. The maximum absolute atomic E-state index is 13.8. The molecule has 2 atom stereocenters. The number of hydrogen-bond acceptors (Lipinski definition) is 4. The van der Waals surface area contributed by atoms with Gasteiger partial charge < -0.3 is 14.8 Å². The SMILES string of the molecule is CC(C)C(=O)C(C1CCCCC1)n1ccc2ccc(C3CCCN(C(=O)CNC4CC4)C3)cc2c1=O. The maximum atomic E-state index is 13.8. The van der Waals surface area contributed by atoms with Gasteiger partial charge in [-0.25, -0.2) is 0 Å². The van der Waals surface area contributed by atoms with Crippen LogP contribution in [0.3, 0.4) is 0 Å². The van der Waals surface area contributed by atoms with E-state index in [1.54, 1.807) is 4.57 Å². The van der Waals surface area contributed by atoms with E-state index in [1.807, 2.05) is 43.1 Å². The first-order valence-corrected chi connectivity index (χ1v) is 14.1. The van der Waals surface area contributed by atoms with Crippen molar-refractivity contribution in [3.05, 3.63) is 46.4 Å². The first kappa shape index (κ1) is 25.2. The van der Waals surface area contributed by atoms with E-state index in [1.165, 1.54) is 19.3 Å². The average molecular weight is 492 g/mol. The zero-order chi connectivity index (χ0) is 25.2. The molecule has 194 valence electrons. The molecule has 2 saturated carbocycles. The summed E-state index contributed by atoms with van der Waals surface area (Å²) in [5.41, 5.74) is 1.06. The molecular formula is C30H41N3O3. The highest BCUT2D eigenvalue weighted by atomic mass is 16.2. The molecule has 1 aromatic heterocycles. The molecule has 2 aliphatic carbocycles. The van der Waals surface area contributed by atoms with Gasteiger partial charge in [0.1, 0.15) is 0 Å². The molecule has 6 heteroatoms. The fraction of sp³-hybridized carbons (Fsp3) is 0.633. The molecule has 0 bridgehead atoms. The van der Waals surface area contributed by atoms with Gasteiger partial charge in [-0.3, -0.25) is 14.4 Å². The van der Waals surface area contributed by atoms with Crippen molar-refractivity contribution < 1.29 is 9.59 Å². The molecule has 2 aromatic rings. The Hall–Kier alpha value is -2.47. The molecule has 3 aliphatic rings. The van der Waals surface area contributed by atoms with E-state index >= 15 is 0 Å². The molecule has 3 fully saturated rings. The van der Waals surface area contributed by atoms with Gasteiger partial charge in [-0.2, -0.15) is 0 Å². The number of piperidine rings is 1. The number of Topliss-reactive ketones (excluding diaryl/α,β-unsaturated/α-hetero) is 1. The van der Waals surface area contributed by atoms with Crippen LogP contribution >= 0.6 is 0 Å². The second kappa shape index (κ2) is 10.9. The van der Waals surface area contributed by atoms with Gasteiger partial charge in [0.05, 0.1) is 12.6 Å². The van der Waals surface area contributed by atoms with E-state index in [4.69, 9.17) is 0 Å². The summed E-state index contributed by atoms with van der Waals surface area (Å²) >= 11 is 0. The highest BCUT2D eigenvalue weighted by Crippen LogP contribution is 2.35. The first-order valence-electron chi connectivity index (χ1n) is 14.1. The van der Waals surface area contributed by atoms with Crippen molar-refractivity contribution in [3.8, 4) is 0 Å². The standard InChI is InChI=1S/C30H41N3O3/c1-20(2)29(35)28(22-7-4-3-5-8-22)33-16-14-21-10-11-23(17-26(21)30(33)36)24-9-6-15-32(19-24)27(34)18-31-25-12-13-25/h10-11,14,16-17,20,22,24-25,28,31H,3-9,12-13,15,18-19H2,1-2H3. The summed E-state index contributed by atoms with van der Waals surface area (Å²) in [4.78, 5) is 41.9. The topological polar surface area (TPSA) is 71.4 Å². The normalized spacial score (nSPS) is 22.2. The minimum absolute atomic E-state index is 0.0590. The van der Waals surface area contributed by atoms with Crippen LogP contribution in [0.25, 0.3) is 10.8 Å². The van der Waals surface area contributed by atoms with Gasteiger partial charge in [0, 0.05) is 42.6 Å². The van der Waals surface area contributed by atoms with Crippen molar-refractivity contribution in [2.75, 3.05) is 19.6 Å². The Morgan fingerprint density at radius 2 is 1.78 bits per heavy atom. The molecule has 1 aromatic carbocycles. The van der Waals surface area contributed by atoms with Gasteiger partial charge in [-0.1, -0.05) is 45.2 Å². The van der Waals surface area contributed by atoms with Gasteiger partial charge in [0.15, 0.2) is 5.78 Å². The predicted molar refractivity (Wildman–Crippen MR) is 143 cm³/mol. The van der Waals surface area contributed by atoms with Crippen molar-refractivity contribution in [1.82, 2.24) is 14.8 Å². The van der Waals surface area contributed by atoms with E-state index in [2.05, 4.69) is 11.4 Å². The van der Waals surface area contributed by atoms with Gasteiger partial charge >= 0.3 is 0 Å². The Morgan fingerprint density at radius 3 is 2.50 bits per heavy atom. The number of aromatic nitrogens is 1. The highest BCUT2D eigenvalue weighted by molar-refractivity contribution is 5.86. The largest absolute Gasteiger partial charge is 0.341 e. The number of fused-ring (bicyclic) bond motifs is 1. The molecule has 2 heterocycles. The van der Waals surface area contributed by atoms with Gasteiger partial charge in [0.2, 0.25) is 5.91 Å². The van der Waals surface area contributed by atoms with Crippen LogP contribution in [-0.4, -0.2) is 46.8 Å². The summed E-state index contributed by atoms with van der Waals surface area (Å²) in [7, 11) is 0. The fourth-order valence-corrected chi connectivity index (χ4v) is 6.24. The van der Waals surface area contributed by atoms with Crippen LogP contribution in [0.15, 0.2) is 35.3 Å². The van der Waals surface area contributed by atoms with Crippen LogP contribution in [0.1, 0.15) is 89.2 Å². The zero-order valence-electron chi connectivity index (χ0n) is 21.9. The minimum atomic E-state index is -0.382. The minimum Gasteiger partial charge on any atom is -0.341 e. The molecule has 1 N–H and O–H groups in total. The summed E-state index contributed by atoms with van der Waals surface area (Å²) in [5.74, 6) is 0.700. The molecule has 1 aliphatic heterocycles. The summed E-state index contributed by atoms with van der Waals surface area (Å²) in [5, 5.41) is 4.94. The van der Waals surface area contributed by atoms with Gasteiger partial charge in [0.25, 0.3) is 5.56 Å². The van der Waals surface area contributed by atoms with Crippen LogP contribution in [-0.2, 0) is 9.59 Å². The number of rotatable bonds is 8. The number of nitrogens with zero attached hydrogens (tertiary/aromatic N) is 2. The Kier molecular flexibility index (Phi) is 7.61. The lowest BCUT2D eigenvalue weighted by molar-refractivity contribution is -0.131. The Bertz CT molecular complexity index is 1160. The van der Waals surface area contributed by atoms with Crippen molar-refractivity contribution in [2.45, 2.75) is 89.6 Å². The lowest BCUT2D eigenvalue weighted by Crippen LogP contribution is -2.43. The molecule has 6 nitrogen and oxygen atoms in total. The molecule has 1 amide bonds. The molecule has 0 radical (unpaired) electrons. The monoisotopic (exact) mass is 491 g/mol. The van der Waals surface area contributed by atoms with Crippen molar-refractivity contribution in [2.24, 2.45) is 11.8 Å². The third-order valence-corrected chi connectivity index (χ3v) is 8.58. The number of amides is 1. The van der Waals surface area contributed by atoms with Crippen molar-refractivity contribution >= 4 is 22.5 Å². The number of likely N-dealkylation sites (tertiary alicyclic amines) is 1. The number of carbonyl (C=O) groups excluding carboxylic acids is 2. The second-order valence-corrected chi connectivity index (χ2v) is 11.6. The van der Waals surface area contributed by atoms with Gasteiger partial charge in [-0.15, -0.1) is 0 Å². The third kappa shape index (κ3) is 5.44. The van der Waals surface area contributed by atoms with E-state index in [-0.39, 0.29) is 41.0 Å². The van der Waals surface area contributed by atoms with Crippen LogP contribution in [0.5, 0.6) is 0 Å². The number of nitrogens with one attached hydrogen (secondary N) is 1.